The van der Waals surface area contributed by atoms with Gasteiger partial charge in [-0.3, -0.25) is 14.4 Å². The van der Waals surface area contributed by atoms with Crippen LogP contribution in [-0.4, -0.2) is 41.4 Å². The number of anilines is 1. The maximum Gasteiger partial charge on any atom is 0.251 e. The van der Waals surface area contributed by atoms with Crippen LogP contribution < -0.4 is 22.2 Å². The van der Waals surface area contributed by atoms with Gasteiger partial charge in [0.05, 0.1) is 12.6 Å². The number of hydrogen-bond acceptors (Lipinski definition) is 6. The van der Waals surface area contributed by atoms with Gasteiger partial charge in [-0.05, 0) is 40.8 Å². The van der Waals surface area contributed by atoms with Gasteiger partial charge in [0, 0.05) is 30.9 Å². The first-order valence-corrected chi connectivity index (χ1v) is 12.0. The summed E-state index contributed by atoms with van der Waals surface area (Å²) >= 11 is 0. The van der Waals surface area contributed by atoms with E-state index in [1.165, 1.54) is 0 Å². The highest BCUT2D eigenvalue weighted by Crippen LogP contribution is 2.26. The Kier molecular flexibility index (Phi) is 8.15. The Morgan fingerprint density at radius 3 is 2.51 bits per heavy atom. The Bertz CT molecular complexity index is 1290. The molecule has 190 valence electrons. The number of benzene rings is 3. The summed E-state index contributed by atoms with van der Waals surface area (Å²) in [6, 6.07) is 21.9. The number of hydrazone groups is 1. The molecule has 0 bridgehead atoms. The smallest absolute Gasteiger partial charge is 0.251 e. The zero-order valence-corrected chi connectivity index (χ0v) is 20.4. The first-order valence-electron chi connectivity index (χ1n) is 12.0. The fraction of sp³-hybridized carbons (Fsp3) is 0.214. The molecule has 0 aliphatic carbocycles. The number of hydrogen-bond donors (Lipinski definition) is 4. The van der Waals surface area contributed by atoms with Gasteiger partial charge in [0.15, 0.2) is 0 Å². The van der Waals surface area contributed by atoms with Gasteiger partial charge in [-0.1, -0.05) is 60.7 Å². The molecule has 3 amide bonds. The van der Waals surface area contributed by atoms with Crippen LogP contribution in [-0.2, 0) is 29.1 Å². The molecule has 9 heteroatoms. The minimum atomic E-state index is -0.802. The van der Waals surface area contributed by atoms with Crippen LogP contribution in [0.25, 0.3) is 0 Å². The third-order valence-corrected chi connectivity index (χ3v) is 6.25. The molecule has 0 aromatic heterocycles. The van der Waals surface area contributed by atoms with Gasteiger partial charge in [0.25, 0.3) is 5.91 Å². The summed E-state index contributed by atoms with van der Waals surface area (Å²) in [5.74, 6) is 4.15. The van der Waals surface area contributed by atoms with Crippen LogP contribution in [0.4, 0.5) is 5.69 Å². The third kappa shape index (κ3) is 6.72. The molecule has 3 aromatic carbocycles. The lowest BCUT2D eigenvalue weighted by molar-refractivity contribution is -0.134. The molecule has 1 aliphatic heterocycles. The lowest BCUT2D eigenvalue weighted by Crippen LogP contribution is -2.43. The average Bonchev–Trinajstić information content (AvgIpc) is 3.03. The zero-order chi connectivity index (χ0) is 26.2. The maximum absolute atomic E-state index is 13.3. The minimum Gasteiger partial charge on any atom is -0.373 e. The lowest BCUT2D eigenvalue weighted by atomic mass is 10.1. The van der Waals surface area contributed by atoms with Crippen molar-refractivity contribution in [3.63, 3.8) is 0 Å². The molecule has 37 heavy (non-hydrogen) atoms. The fourth-order valence-electron chi connectivity index (χ4n) is 4.27. The van der Waals surface area contributed by atoms with Crippen LogP contribution in [0.2, 0.25) is 0 Å². The summed E-state index contributed by atoms with van der Waals surface area (Å²) in [6.07, 6.45) is 2.09. The molecule has 6 N–H and O–H groups in total. The van der Waals surface area contributed by atoms with E-state index in [4.69, 9.17) is 11.6 Å². The van der Waals surface area contributed by atoms with E-state index in [9.17, 15) is 14.4 Å². The van der Waals surface area contributed by atoms with E-state index >= 15 is 0 Å². The number of rotatable bonds is 9. The van der Waals surface area contributed by atoms with Gasteiger partial charge in [0.2, 0.25) is 11.8 Å². The predicted octanol–water partition coefficient (Wildman–Crippen LogP) is 2.15. The Hall–Kier alpha value is -4.66. The van der Waals surface area contributed by atoms with E-state index in [-0.39, 0.29) is 18.2 Å². The maximum atomic E-state index is 13.3. The number of carbonyl (C=O) groups is 3. The van der Waals surface area contributed by atoms with E-state index in [0.717, 1.165) is 22.3 Å². The van der Waals surface area contributed by atoms with E-state index in [1.54, 1.807) is 23.2 Å². The van der Waals surface area contributed by atoms with E-state index in [2.05, 4.69) is 15.7 Å². The van der Waals surface area contributed by atoms with Crippen molar-refractivity contribution in [1.82, 2.24) is 10.2 Å². The average molecular weight is 499 g/mol. The van der Waals surface area contributed by atoms with Crippen LogP contribution in [0, 0.1) is 0 Å². The van der Waals surface area contributed by atoms with Gasteiger partial charge >= 0.3 is 0 Å². The fourth-order valence-corrected chi connectivity index (χ4v) is 4.27. The van der Waals surface area contributed by atoms with Gasteiger partial charge in [0.1, 0.15) is 6.04 Å². The summed E-state index contributed by atoms with van der Waals surface area (Å²) in [6.45, 7) is 1.21. The largest absolute Gasteiger partial charge is 0.373 e. The lowest BCUT2D eigenvalue weighted by Gasteiger charge is -2.24. The summed E-state index contributed by atoms with van der Waals surface area (Å²) in [4.78, 5) is 39.6. The van der Waals surface area contributed by atoms with E-state index in [0.29, 0.717) is 37.3 Å². The first kappa shape index (κ1) is 25.4. The van der Waals surface area contributed by atoms with Gasteiger partial charge in [-0.25, -0.2) is 0 Å². The number of nitrogens with zero attached hydrogens (tertiary/aromatic N) is 2. The summed E-state index contributed by atoms with van der Waals surface area (Å²) < 4.78 is 0. The molecule has 0 fully saturated rings. The topological polar surface area (TPSA) is 143 Å². The van der Waals surface area contributed by atoms with Crippen LogP contribution in [0.5, 0.6) is 0 Å². The van der Waals surface area contributed by atoms with Crippen molar-refractivity contribution in [2.24, 2.45) is 16.7 Å². The normalized spacial score (nSPS) is 15.1. The number of nitrogens with two attached hydrogens (primary N) is 2. The second kappa shape index (κ2) is 11.9. The van der Waals surface area contributed by atoms with E-state index in [1.807, 2.05) is 60.7 Å². The number of nitrogens with one attached hydrogen (secondary N) is 2. The summed E-state index contributed by atoms with van der Waals surface area (Å²) in [5.41, 5.74) is 10.3. The van der Waals surface area contributed by atoms with Crippen LogP contribution in [0.15, 0.2) is 77.9 Å². The molecular weight excluding hydrogens is 468 g/mol. The van der Waals surface area contributed by atoms with Crippen molar-refractivity contribution < 1.29 is 14.4 Å². The third-order valence-electron chi connectivity index (χ3n) is 6.25. The predicted molar refractivity (Wildman–Crippen MR) is 143 cm³/mol. The van der Waals surface area contributed by atoms with Crippen LogP contribution in [0.3, 0.4) is 0 Å². The van der Waals surface area contributed by atoms with Crippen molar-refractivity contribution in [2.75, 3.05) is 11.9 Å². The highest BCUT2D eigenvalue weighted by molar-refractivity contribution is 5.96. The highest BCUT2D eigenvalue weighted by Gasteiger charge is 2.30. The van der Waals surface area contributed by atoms with Gasteiger partial charge in [-0.15, -0.1) is 0 Å². The SMILES string of the molecule is NN=Cc1ccc(CNC(=O)c2ccc3c(c2)NC(CC(N)=O)C(=O)N(CCc2ccccc2)C3)cc1. The molecule has 9 nitrogen and oxygen atoms in total. The summed E-state index contributed by atoms with van der Waals surface area (Å²) in [7, 11) is 0. The van der Waals surface area contributed by atoms with Crippen molar-refractivity contribution in [1.29, 1.82) is 0 Å². The molecule has 3 aromatic rings. The standard InChI is InChI=1S/C28H30N6O3/c29-26(35)15-25-28(37)34(13-12-19-4-2-1-3-5-19)18-23-11-10-22(14-24(23)33-25)27(36)31-16-20-6-8-21(9-7-20)17-32-30/h1-11,14,17,25,33H,12-13,15-16,18,30H2,(H2,29,35)(H,31,36). The molecule has 1 aliphatic rings. The Morgan fingerprint density at radius 2 is 1.81 bits per heavy atom. The van der Waals surface area contributed by atoms with Gasteiger partial charge < -0.3 is 27.1 Å². The quantitative estimate of drug-likeness (QED) is 0.203. The molecule has 1 atom stereocenters. The van der Waals surface area contributed by atoms with Crippen LogP contribution in [0.1, 0.15) is 39.0 Å². The minimum absolute atomic E-state index is 0.138. The molecule has 4 rings (SSSR count). The summed E-state index contributed by atoms with van der Waals surface area (Å²) in [5, 5.41) is 9.57. The number of amides is 3. The van der Waals surface area contributed by atoms with Gasteiger partial charge in [-0.2, -0.15) is 5.10 Å². The number of carbonyl (C=O) groups excluding carboxylic acids is 3. The second-order valence-corrected chi connectivity index (χ2v) is 8.94. The van der Waals surface area contributed by atoms with Crippen LogP contribution >= 0.6 is 0 Å². The molecule has 0 saturated heterocycles. The molecular formula is C28H30N6O3. The number of primary amides is 1. The zero-order valence-electron chi connectivity index (χ0n) is 20.4. The van der Waals surface area contributed by atoms with Crippen molar-refractivity contribution in [3.05, 3.63) is 101 Å². The van der Waals surface area contributed by atoms with Crippen molar-refractivity contribution in [2.45, 2.75) is 32.0 Å². The van der Waals surface area contributed by atoms with Crippen molar-refractivity contribution in [3.8, 4) is 0 Å². The highest BCUT2D eigenvalue weighted by atomic mass is 16.2. The molecule has 1 unspecified atom stereocenters. The molecule has 1 heterocycles. The first-order chi connectivity index (χ1) is 17.9. The molecule has 0 radical (unpaired) electrons. The number of fused-ring (bicyclic) bond motifs is 1. The van der Waals surface area contributed by atoms with Crippen molar-refractivity contribution >= 4 is 29.6 Å². The monoisotopic (exact) mass is 498 g/mol. The Balaban J connectivity index is 1.48. The Morgan fingerprint density at radius 1 is 1.05 bits per heavy atom. The van der Waals surface area contributed by atoms with E-state index < -0.39 is 11.9 Å². The molecule has 0 saturated carbocycles. The Labute approximate surface area is 215 Å². The molecule has 0 spiro atoms. The second-order valence-electron chi connectivity index (χ2n) is 8.94.